The minimum atomic E-state index is 0.226. The summed E-state index contributed by atoms with van der Waals surface area (Å²) in [6.45, 7) is 3.13. The molecule has 0 atom stereocenters. The molecule has 0 spiro atoms. The van der Waals surface area contributed by atoms with E-state index in [4.69, 9.17) is 0 Å². The van der Waals surface area contributed by atoms with Crippen molar-refractivity contribution < 1.29 is 4.79 Å². The Labute approximate surface area is 131 Å². The summed E-state index contributed by atoms with van der Waals surface area (Å²) >= 11 is 1.71. The van der Waals surface area contributed by atoms with Gasteiger partial charge < -0.3 is 10.2 Å². The van der Waals surface area contributed by atoms with Crippen molar-refractivity contribution >= 4 is 17.7 Å². The molecule has 1 amide bonds. The van der Waals surface area contributed by atoms with Gasteiger partial charge in [0.25, 0.3) is 5.91 Å². The highest BCUT2D eigenvalue weighted by molar-refractivity contribution is 7.98. The van der Waals surface area contributed by atoms with Crippen molar-refractivity contribution in [2.75, 3.05) is 25.9 Å². The zero-order valence-corrected chi connectivity index (χ0v) is 13.5. The fourth-order valence-corrected chi connectivity index (χ4v) is 3.43. The lowest BCUT2D eigenvalue weighted by Gasteiger charge is -2.30. The highest BCUT2D eigenvalue weighted by atomic mass is 32.2. The fourth-order valence-electron chi connectivity index (χ4n) is 3.03. The molecule has 3 nitrogen and oxygen atoms in total. The number of amides is 1. The van der Waals surface area contributed by atoms with Gasteiger partial charge in [0.05, 0.1) is 0 Å². The first-order valence-electron chi connectivity index (χ1n) is 7.93. The topological polar surface area (TPSA) is 32.3 Å². The normalized spacial score (nSPS) is 19.5. The summed E-state index contributed by atoms with van der Waals surface area (Å²) in [5, 5.41) is 3.40. The van der Waals surface area contributed by atoms with E-state index in [0.717, 1.165) is 25.2 Å². The van der Waals surface area contributed by atoms with E-state index in [1.165, 1.54) is 30.6 Å². The Morgan fingerprint density at radius 3 is 2.43 bits per heavy atom. The van der Waals surface area contributed by atoms with Gasteiger partial charge >= 0.3 is 0 Å². The summed E-state index contributed by atoms with van der Waals surface area (Å²) in [7, 11) is 0. The van der Waals surface area contributed by atoms with Crippen LogP contribution in [0.5, 0.6) is 0 Å². The summed E-state index contributed by atoms with van der Waals surface area (Å²) in [6.07, 6.45) is 6.81. The Morgan fingerprint density at radius 2 is 1.86 bits per heavy atom. The maximum atomic E-state index is 12.8. The van der Waals surface area contributed by atoms with Crippen LogP contribution in [-0.2, 0) is 0 Å². The quantitative estimate of drug-likeness (QED) is 0.849. The number of benzene rings is 1. The average molecular weight is 304 g/mol. The molecule has 4 heteroatoms. The van der Waals surface area contributed by atoms with Crippen LogP contribution in [0.1, 0.15) is 36.0 Å². The highest BCUT2D eigenvalue weighted by Gasteiger charge is 2.34. The molecular formula is C17H24N2OS. The van der Waals surface area contributed by atoms with Gasteiger partial charge in [0.1, 0.15) is 0 Å². The van der Waals surface area contributed by atoms with Gasteiger partial charge in [-0.25, -0.2) is 0 Å². The van der Waals surface area contributed by atoms with E-state index in [1.807, 2.05) is 24.3 Å². The number of hydrogen-bond donors (Lipinski definition) is 1. The molecule has 21 heavy (non-hydrogen) atoms. The SMILES string of the molecule is CSc1ccc(C(=O)N(CC2CCNCC2)C2CC2)cc1. The molecule has 114 valence electrons. The lowest BCUT2D eigenvalue weighted by atomic mass is 9.97. The van der Waals surface area contributed by atoms with Gasteiger partial charge in [-0.2, -0.15) is 0 Å². The minimum Gasteiger partial charge on any atom is -0.335 e. The van der Waals surface area contributed by atoms with Gasteiger partial charge in [0.2, 0.25) is 0 Å². The van der Waals surface area contributed by atoms with Crippen LogP contribution in [0.25, 0.3) is 0 Å². The number of piperidine rings is 1. The number of nitrogens with one attached hydrogen (secondary N) is 1. The van der Waals surface area contributed by atoms with Gasteiger partial charge in [-0.3, -0.25) is 4.79 Å². The van der Waals surface area contributed by atoms with Crippen molar-refractivity contribution in [2.45, 2.75) is 36.6 Å². The molecule has 0 radical (unpaired) electrons. The first-order valence-corrected chi connectivity index (χ1v) is 9.16. The van der Waals surface area contributed by atoms with Gasteiger partial charge in [-0.15, -0.1) is 11.8 Å². The molecule has 0 unspecified atom stereocenters. The average Bonchev–Trinajstić information content (AvgIpc) is 3.38. The van der Waals surface area contributed by atoms with Crippen LogP contribution in [0.3, 0.4) is 0 Å². The Balaban J connectivity index is 1.68. The van der Waals surface area contributed by atoms with E-state index in [1.54, 1.807) is 11.8 Å². The maximum Gasteiger partial charge on any atom is 0.254 e. The molecule has 2 aliphatic rings. The van der Waals surface area contributed by atoms with Crippen LogP contribution >= 0.6 is 11.8 Å². The van der Waals surface area contributed by atoms with Crippen molar-refractivity contribution in [3.8, 4) is 0 Å². The van der Waals surface area contributed by atoms with Crippen LogP contribution in [0.4, 0.5) is 0 Å². The van der Waals surface area contributed by atoms with E-state index in [0.29, 0.717) is 12.0 Å². The molecule has 1 aromatic carbocycles. The molecule has 1 heterocycles. The van der Waals surface area contributed by atoms with Gasteiger partial charge in [0, 0.05) is 23.0 Å². The third kappa shape index (κ3) is 3.80. The van der Waals surface area contributed by atoms with Crippen molar-refractivity contribution in [2.24, 2.45) is 5.92 Å². The summed E-state index contributed by atoms with van der Waals surface area (Å²) in [5.41, 5.74) is 0.841. The lowest BCUT2D eigenvalue weighted by Crippen LogP contribution is -2.40. The van der Waals surface area contributed by atoms with Crippen molar-refractivity contribution in [1.82, 2.24) is 10.2 Å². The predicted molar refractivity (Wildman–Crippen MR) is 87.9 cm³/mol. The molecule has 0 aromatic heterocycles. The summed E-state index contributed by atoms with van der Waals surface area (Å²) in [6, 6.07) is 8.55. The molecule has 1 N–H and O–H groups in total. The van der Waals surface area contributed by atoms with Crippen LogP contribution in [0, 0.1) is 5.92 Å². The molecule has 3 rings (SSSR count). The molecule has 2 fully saturated rings. The van der Waals surface area contributed by atoms with E-state index in [-0.39, 0.29) is 5.91 Å². The number of nitrogens with zero attached hydrogens (tertiary/aromatic N) is 1. The molecular weight excluding hydrogens is 280 g/mol. The zero-order chi connectivity index (χ0) is 14.7. The summed E-state index contributed by atoms with van der Waals surface area (Å²) < 4.78 is 0. The number of carbonyl (C=O) groups excluding carboxylic acids is 1. The smallest absolute Gasteiger partial charge is 0.254 e. The molecule has 1 aliphatic carbocycles. The molecule has 1 aliphatic heterocycles. The zero-order valence-electron chi connectivity index (χ0n) is 12.7. The van der Waals surface area contributed by atoms with Crippen LogP contribution in [0.15, 0.2) is 29.2 Å². The summed E-state index contributed by atoms with van der Waals surface area (Å²) in [5.74, 6) is 0.893. The molecule has 1 saturated carbocycles. The Morgan fingerprint density at radius 1 is 1.19 bits per heavy atom. The van der Waals surface area contributed by atoms with Crippen LogP contribution in [-0.4, -0.2) is 42.7 Å². The monoisotopic (exact) mass is 304 g/mol. The standard InChI is InChI=1S/C17H24N2OS/c1-21-16-6-2-14(3-7-16)17(20)19(15-4-5-15)12-13-8-10-18-11-9-13/h2-3,6-7,13,15,18H,4-5,8-12H2,1H3. The van der Waals surface area contributed by atoms with E-state index < -0.39 is 0 Å². The fraction of sp³-hybridized carbons (Fsp3) is 0.588. The highest BCUT2D eigenvalue weighted by Crippen LogP contribution is 2.30. The van der Waals surface area contributed by atoms with Crippen molar-refractivity contribution in [1.29, 1.82) is 0 Å². The number of thioether (sulfide) groups is 1. The Bertz CT molecular complexity index is 478. The third-order valence-corrected chi connectivity index (χ3v) is 5.24. The molecule has 1 saturated heterocycles. The van der Waals surface area contributed by atoms with E-state index in [2.05, 4.69) is 16.5 Å². The van der Waals surface area contributed by atoms with Crippen molar-refractivity contribution in [3.05, 3.63) is 29.8 Å². The number of hydrogen-bond acceptors (Lipinski definition) is 3. The van der Waals surface area contributed by atoms with E-state index in [9.17, 15) is 4.79 Å². The summed E-state index contributed by atoms with van der Waals surface area (Å²) in [4.78, 5) is 16.2. The van der Waals surface area contributed by atoms with Gasteiger partial charge in [-0.05, 0) is 75.2 Å². The van der Waals surface area contributed by atoms with Gasteiger partial charge in [0.15, 0.2) is 0 Å². The van der Waals surface area contributed by atoms with Crippen LogP contribution < -0.4 is 5.32 Å². The maximum absolute atomic E-state index is 12.8. The van der Waals surface area contributed by atoms with Crippen molar-refractivity contribution in [3.63, 3.8) is 0 Å². The van der Waals surface area contributed by atoms with E-state index >= 15 is 0 Å². The Hall–Kier alpha value is -1.00. The Kier molecular flexibility index (Phi) is 4.86. The molecule has 1 aromatic rings. The van der Waals surface area contributed by atoms with Gasteiger partial charge in [-0.1, -0.05) is 0 Å². The first kappa shape index (κ1) is 14.9. The number of carbonyl (C=O) groups is 1. The second-order valence-electron chi connectivity index (χ2n) is 6.11. The second kappa shape index (κ2) is 6.84. The van der Waals surface area contributed by atoms with Crippen LogP contribution in [0.2, 0.25) is 0 Å². The predicted octanol–water partition coefficient (Wildman–Crippen LogP) is 3.01. The second-order valence-corrected chi connectivity index (χ2v) is 6.99. The number of rotatable bonds is 5. The third-order valence-electron chi connectivity index (χ3n) is 4.50. The minimum absolute atomic E-state index is 0.226. The first-order chi connectivity index (χ1) is 10.3. The largest absolute Gasteiger partial charge is 0.335 e. The molecule has 0 bridgehead atoms. The lowest BCUT2D eigenvalue weighted by molar-refractivity contribution is 0.0701.